The summed E-state index contributed by atoms with van der Waals surface area (Å²) in [5.74, 6) is -1.92. The maximum Gasteiger partial charge on any atom is 0.511 e. The summed E-state index contributed by atoms with van der Waals surface area (Å²) in [6, 6.07) is 10.3. The van der Waals surface area contributed by atoms with E-state index in [4.69, 9.17) is 0 Å². The largest absolute Gasteiger partial charge is 0.511 e. The number of anilines is 1. The van der Waals surface area contributed by atoms with E-state index in [0.29, 0.717) is 0 Å². The Kier molecular flexibility index (Phi) is 4.81. The van der Waals surface area contributed by atoms with Gasteiger partial charge in [0.2, 0.25) is 0 Å². The van der Waals surface area contributed by atoms with Crippen molar-refractivity contribution in [2.75, 3.05) is 5.43 Å². The number of rotatable bonds is 3. The van der Waals surface area contributed by atoms with E-state index >= 15 is 0 Å². The molecule has 9 heteroatoms. The maximum absolute atomic E-state index is 13.0. The molecule has 0 radical (unpaired) electrons. The van der Waals surface area contributed by atoms with Gasteiger partial charge in [-0.05, 0) is 29.2 Å². The minimum absolute atomic E-state index is 0.0975. The van der Waals surface area contributed by atoms with E-state index in [9.17, 15) is 18.9 Å². The molecule has 2 rings (SSSR count). The first kappa shape index (κ1) is 15.2. The summed E-state index contributed by atoms with van der Waals surface area (Å²) in [5.41, 5.74) is 2.60. The Bertz CT molecular complexity index is 749. The zero-order valence-corrected chi connectivity index (χ0v) is 11.0. The lowest BCUT2D eigenvalue weighted by Crippen LogP contribution is -2.10. The van der Waals surface area contributed by atoms with Crippen LogP contribution < -0.4 is 5.43 Å². The van der Waals surface area contributed by atoms with Crippen molar-refractivity contribution in [2.45, 2.75) is 0 Å². The first-order valence-corrected chi connectivity index (χ1v) is 5.95. The molecule has 2 aromatic carbocycles. The van der Waals surface area contributed by atoms with E-state index < -0.39 is 22.5 Å². The predicted octanol–water partition coefficient (Wildman–Crippen LogP) is 3.71. The monoisotopic (exact) mass is 305 g/mol. The first-order valence-electron chi connectivity index (χ1n) is 5.95. The van der Waals surface area contributed by atoms with Crippen molar-refractivity contribution in [1.82, 2.24) is 0 Å². The molecular weight excluding hydrogens is 296 g/mol. The van der Waals surface area contributed by atoms with Gasteiger partial charge in [0.25, 0.3) is 0 Å². The predicted molar refractivity (Wildman–Crippen MR) is 75.4 cm³/mol. The lowest BCUT2D eigenvalue weighted by molar-refractivity contribution is -0.352. The average Bonchev–Trinajstić information content (AvgIpc) is 2.47. The molecule has 0 aromatic heterocycles. The fourth-order valence-corrected chi connectivity index (χ4v) is 1.41. The summed E-state index contributed by atoms with van der Waals surface area (Å²) >= 11 is 0. The van der Waals surface area contributed by atoms with Gasteiger partial charge in [-0.2, -0.15) is 0 Å². The molecule has 0 heterocycles. The van der Waals surface area contributed by atoms with Gasteiger partial charge in [-0.25, -0.2) is 14.2 Å². The Morgan fingerprint density at radius 1 is 1.09 bits per heavy atom. The highest BCUT2D eigenvalue weighted by molar-refractivity contribution is 5.73. The molecule has 7 nitrogen and oxygen atoms in total. The Morgan fingerprint density at radius 3 is 2.41 bits per heavy atom. The molecule has 0 aliphatic rings. The van der Waals surface area contributed by atoms with Gasteiger partial charge < -0.3 is 10.1 Å². The second-order valence-corrected chi connectivity index (χ2v) is 3.97. The molecule has 0 aliphatic heterocycles. The normalized spacial score (nSPS) is 11.6. The minimum Gasteiger partial charge on any atom is -0.390 e. The van der Waals surface area contributed by atoms with Crippen LogP contribution in [0.1, 0.15) is 0 Å². The number of nitrogens with one attached hydrogen (secondary N) is 1. The minimum atomic E-state index is -0.880. The van der Waals surface area contributed by atoms with E-state index in [1.807, 2.05) is 0 Å². The zero-order valence-electron chi connectivity index (χ0n) is 11.0. The first-order chi connectivity index (χ1) is 10.5. The highest BCUT2D eigenvalue weighted by atomic mass is 19.1. The molecule has 0 aliphatic carbocycles. The van der Waals surface area contributed by atoms with Crippen LogP contribution in [0.2, 0.25) is 0 Å². The van der Waals surface area contributed by atoms with Gasteiger partial charge in [-0.3, -0.25) is 0 Å². The lowest BCUT2D eigenvalue weighted by Gasteiger charge is -1.96. The van der Waals surface area contributed by atoms with Crippen molar-refractivity contribution in [3.8, 4) is 0 Å². The van der Waals surface area contributed by atoms with Crippen LogP contribution >= 0.6 is 0 Å². The molecular formula is C13H9F2N5O2. The lowest BCUT2D eigenvalue weighted by atomic mass is 10.3. The Morgan fingerprint density at radius 2 is 1.77 bits per heavy atom. The van der Waals surface area contributed by atoms with Crippen molar-refractivity contribution >= 4 is 17.3 Å². The average molecular weight is 305 g/mol. The molecule has 112 valence electrons. The second kappa shape index (κ2) is 6.97. The summed E-state index contributed by atoms with van der Waals surface area (Å²) in [4.78, 5) is 9.93. The molecule has 0 atom stereocenters. The van der Waals surface area contributed by atoms with Gasteiger partial charge in [0.05, 0.1) is 10.8 Å². The Hall–Kier alpha value is -3.23. The van der Waals surface area contributed by atoms with Crippen LogP contribution in [0.4, 0.5) is 20.2 Å². The van der Waals surface area contributed by atoms with Gasteiger partial charge in [0.1, 0.15) is 17.3 Å². The van der Waals surface area contributed by atoms with Crippen molar-refractivity contribution in [3.63, 3.8) is 0 Å². The summed E-state index contributed by atoms with van der Waals surface area (Å²) in [6.07, 6.45) is 0. The molecule has 0 spiro atoms. The van der Waals surface area contributed by atoms with Crippen LogP contribution in [-0.2, 0) is 0 Å². The molecule has 2 aromatic rings. The van der Waals surface area contributed by atoms with Crippen molar-refractivity contribution in [2.24, 2.45) is 15.3 Å². The summed E-state index contributed by atoms with van der Waals surface area (Å²) in [7, 11) is 0. The third kappa shape index (κ3) is 4.40. The number of benzene rings is 2. The number of hydrogen-bond acceptors (Lipinski definition) is 5. The summed E-state index contributed by atoms with van der Waals surface area (Å²) in [5, 5.41) is 21.1. The van der Waals surface area contributed by atoms with Gasteiger partial charge >= 0.3 is 5.96 Å². The van der Waals surface area contributed by atoms with E-state index in [1.54, 1.807) is 0 Å². The molecule has 0 saturated heterocycles. The standard InChI is InChI=1S/C13H9F2N5O2/c14-9-3-1-5-11(7-9)16-18-13(20(21)22)19-17-12-6-2-4-10(15)8-12/h1-8,16H. The van der Waals surface area contributed by atoms with Gasteiger partial charge in [-0.15, -0.1) is 0 Å². The van der Waals surface area contributed by atoms with Crippen molar-refractivity contribution in [1.29, 1.82) is 0 Å². The SMILES string of the molecule is O=[N+]([O-])C(N=Nc1cccc(F)c1)=NNc1cccc(F)c1. The van der Waals surface area contributed by atoms with E-state index in [1.165, 1.54) is 36.4 Å². The fourth-order valence-electron chi connectivity index (χ4n) is 1.41. The van der Waals surface area contributed by atoms with Crippen LogP contribution in [0, 0.1) is 21.7 Å². The molecule has 22 heavy (non-hydrogen) atoms. The highest BCUT2D eigenvalue weighted by Crippen LogP contribution is 2.14. The molecule has 0 amide bonds. The van der Waals surface area contributed by atoms with Gasteiger partial charge in [0.15, 0.2) is 0 Å². The third-order valence-corrected chi connectivity index (χ3v) is 2.34. The molecule has 0 bridgehead atoms. The van der Waals surface area contributed by atoms with Crippen molar-refractivity contribution in [3.05, 3.63) is 70.3 Å². The topological polar surface area (TPSA) is 92.2 Å². The summed E-state index contributed by atoms with van der Waals surface area (Å²) in [6.45, 7) is 0. The molecule has 0 fully saturated rings. The van der Waals surface area contributed by atoms with Crippen molar-refractivity contribution < 1.29 is 13.7 Å². The number of guanidine groups is 1. The van der Waals surface area contributed by atoms with Gasteiger partial charge in [-0.1, -0.05) is 17.2 Å². The van der Waals surface area contributed by atoms with Crippen LogP contribution in [0.25, 0.3) is 0 Å². The third-order valence-electron chi connectivity index (χ3n) is 2.34. The quantitative estimate of drug-likeness (QED) is 0.308. The molecule has 0 unspecified atom stereocenters. The zero-order chi connectivity index (χ0) is 15.9. The maximum atomic E-state index is 13.0. The summed E-state index contributed by atoms with van der Waals surface area (Å²) < 4.78 is 25.9. The van der Waals surface area contributed by atoms with E-state index in [2.05, 4.69) is 20.8 Å². The van der Waals surface area contributed by atoms with E-state index in [-0.39, 0.29) is 11.4 Å². The number of hydrogen-bond donors (Lipinski definition) is 1. The van der Waals surface area contributed by atoms with Crippen LogP contribution in [-0.4, -0.2) is 10.9 Å². The van der Waals surface area contributed by atoms with Crippen LogP contribution in [0.5, 0.6) is 0 Å². The number of halogens is 2. The van der Waals surface area contributed by atoms with E-state index in [0.717, 1.165) is 12.1 Å². The second-order valence-electron chi connectivity index (χ2n) is 3.97. The number of hydrazone groups is 1. The molecule has 0 saturated carbocycles. The highest BCUT2D eigenvalue weighted by Gasteiger charge is 2.12. The van der Waals surface area contributed by atoms with Crippen LogP contribution in [0.3, 0.4) is 0 Å². The Balaban J connectivity index is 2.16. The smallest absolute Gasteiger partial charge is 0.390 e. The molecule has 1 N–H and O–H groups in total. The number of azo groups is 1. The van der Waals surface area contributed by atoms with Gasteiger partial charge in [0, 0.05) is 17.2 Å². The number of nitro groups is 1. The Labute approximate surface area is 123 Å². The number of nitrogens with zero attached hydrogens (tertiary/aromatic N) is 4. The fraction of sp³-hybridized carbons (Fsp3) is 0. The van der Waals surface area contributed by atoms with Crippen LogP contribution in [0.15, 0.2) is 63.9 Å².